The number of benzene rings is 1. The van der Waals surface area contributed by atoms with Gasteiger partial charge in [-0.1, -0.05) is 24.8 Å². The first-order valence-corrected chi connectivity index (χ1v) is 16.2. The van der Waals surface area contributed by atoms with Crippen molar-refractivity contribution in [3.63, 3.8) is 0 Å². The predicted octanol–water partition coefficient (Wildman–Crippen LogP) is 5.23. The molecule has 2 aliphatic rings. The van der Waals surface area contributed by atoms with E-state index < -0.39 is 0 Å². The molecule has 1 aromatic carbocycles. The molecule has 2 aliphatic heterocycles. The Balaban J connectivity index is 0.00000226. The van der Waals surface area contributed by atoms with Crippen molar-refractivity contribution in [2.75, 3.05) is 69.8 Å². The van der Waals surface area contributed by atoms with Gasteiger partial charge in [0, 0.05) is 56.3 Å². The summed E-state index contributed by atoms with van der Waals surface area (Å²) < 4.78 is 11.6. The maximum Gasteiger partial charge on any atom is 0.151 e. The standard InChI is InChI=1S/C33H53N7O2.C3H4/c1-6-8-12-31(42-22-9-7-2)25-39-18-10-11-28(17-19-39)36-26(3)32(35-5)33(34)38-27(4)37-29-13-15-30(16-14-29)40-20-23-41-24-21-40;1-3-2/h6-7,9,13-16,28,31,35-37H,1,4,8,10-12,17-25H2,2-3,5H3,(H2,34,38);1H,2H3/b9-7-,32-26-;. The van der Waals surface area contributed by atoms with Crippen LogP contribution in [-0.4, -0.2) is 82.5 Å². The van der Waals surface area contributed by atoms with Crippen LogP contribution >= 0.6 is 0 Å². The molecule has 0 aromatic heterocycles. The average molecular weight is 620 g/mol. The second-order valence-electron chi connectivity index (χ2n) is 11.2. The number of nitrogens with one attached hydrogen (secondary N) is 3. The number of rotatable bonds is 16. The first kappa shape index (κ1) is 37.5. The van der Waals surface area contributed by atoms with Crippen molar-refractivity contribution in [2.24, 2.45) is 10.7 Å². The highest BCUT2D eigenvalue weighted by atomic mass is 16.5. The molecule has 0 amide bonds. The predicted molar refractivity (Wildman–Crippen MR) is 191 cm³/mol. The molecular weight excluding hydrogens is 562 g/mol. The Morgan fingerprint density at radius 2 is 1.93 bits per heavy atom. The molecule has 2 saturated heterocycles. The molecule has 0 bridgehead atoms. The van der Waals surface area contributed by atoms with Crippen molar-refractivity contribution in [3.05, 3.63) is 72.9 Å². The van der Waals surface area contributed by atoms with E-state index in [-0.39, 0.29) is 6.10 Å². The van der Waals surface area contributed by atoms with Crippen LogP contribution in [-0.2, 0) is 9.47 Å². The highest BCUT2D eigenvalue weighted by molar-refractivity contribution is 5.97. The Kier molecular flexibility index (Phi) is 18.2. The van der Waals surface area contributed by atoms with Gasteiger partial charge in [-0.25, -0.2) is 4.99 Å². The molecule has 1 aromatic rings. The van der Waals surface area contributed by atoms with Gasteiger partial charge in [-0.15, -0.1) is 18.9 Å². The fourth-order valence-electron chi connectivity index (χ4n) is 5.45. The summed E-state index contributed by atoms with van der Waals surface area (Å²) in [5.74, 6) is 3.13. The zero-order valence-electron chi connectivity index (χ0n) is 28.1. The van der Waals surface area contributed by atoms with E-state index in [1.165, 1.54) is 5.69 Å². The summed E-state index contributed by atoms with van der Waals surface area (Å²) in [6.07, 6.45) is 16.2. The highest BCUT2D eigenvalue weighted by Crippen LogP contribution is 2.20. The summed E-state index contributed by atoms with van der Waals surface area (Å²) >= 11 is 0. The number of amidine groups is 1. The molecular formula is C36H57N7O2. The number of hydrogen-bond acceptors (Lipinski definition) is 8. The molecule has 0 radical (unpaired) electrons. The van der Waals surface area contributed by atoms with Crippen LogP contribution in [0.3, 0.4) is 0 Å². The zero-order chi connectivity index (χ0) is 32.9. The lowest BCUT2D eigenvalue weighted by Crippen LogP contribution is -2.37. The Labute approximate surface area is 272 Å². The maximum absolute atomic E-state index is 6.44. The van der Waals surface area contributed by atoms with Gasteiger partial charge in [-0.3, -0.25) is 0 Å². The van der Waals surface area contributed by atoms with Gasteiger partial charge < -0.3 is 41.0 Å². The van der Waals surface area contributed by atoms with Gasteiger partial charge in [0.05, 0.1) is 31.6 Å². The van der Waals surface area contributed by atoms with Crippen LogP contribution in [0, 0.1) is 12.3 Å². The minimum Gasteiger partial charge on any atom is -0.384 e. The lowest BCUT2D eigenvalue weighted by Gasteiger charge is -2.28. The summed E-state index contributed by atoms with van der Waals surface area (Å²) in [5, 5.41) is 10.2. The number of likely N-dealkylation sites (N-methyl/N-ethyl adjacent to an activating group) is 1. The smallest absolute Gasteiger partial charge is 0.151 e. The molecule has 248 valence electrons. The summed E-state index contributed by atoms with van der Waals surface area (Å²) in [6, 6.07) is 8.65. The van der Waals surface area contributed by atoms with Crippen LogP contribution in [0.25, 0.3) is 0 Å². The van der Waals surface area contributed by atoms with Crippen LogP contribution in [0.4, 0.5) is 11.4 Å². The van der Waals surface area contributed by atoms with E-state index in [2.05, 4.69) is 81.4 Å². The number of nitrogens with two attached hydrogens (primary N) is 1. The Hall–Kier alpha value is -3.71. The molecule has 9 heteroatoms. The Morgan fingerprint density at radius 1 is 1.22 bits per heavy atom. The zero-order valence-corrected chi connectivity index (χ0v) is 28.1. The second kappa shape index (κ2) is 21.9. The number of likely N-dealkylation sites (tertiary alicyclic amines) is 1. The lowest BCUT2D eigenvalue weighted by atomic mass is 10.1. The number of ether oxygens (including phenoxy) is 2. The van der Waals surface area contributed by atoms with Crippen molar-refractivity contribution in [2.45, 2.75) is 65.0 Å². The molecule has 2 unspecified atom stereocenters. The summed E-state index contributed by atoms with van der Waals surface area (Å²) in [6.45, 7) is 20.8. The summed E-state index contributed by atoms with van der Waals surface area (Å²) in [7, 11) is 1.87. The minimum atomic E-state index is 0.224. The third-order valence-corrected chi connectivity index (χ3v) is 7.73. The van der Waals surface area contributed by atoms with Gasteiger partial charge in [0.2, 0.25) is 0 Å². The largest absolute Gasteiger partial charge is 0.384 e. The van der Waals surface area contributed by atoms with Crippen LogP contribution in [0.15, 0.2) is 77.9 Å². The molecule has 0 spiro atoms. The van der Waals surface area contributed by atoms with Crippen molar-refractivity contribution in [1.29, 1.82) is 0 Å². The topological polar surface area (TPSA) is 99.4 Å². The van der Waals surface area contributed by atoms with Gasteiger partial charge in [-0.05, 0) is 83.7 Å². The molecule has 0 aliphatic carbocycles. The van der Waals surface area contributed by atoms with Crippen molar-refractivity contribution >= 4 is 17.2 Å². The number of hydrogen-bond donors (Lipinski definition) is 4. The fourth-order valence-corrected chi connectivity index (χ4v) is 5.45. The Bertz CT molecular complexity index is 1150. The Morgan fingerprint density at radius 3 is 2.58 bits per heavy atom. The maximum atomic E-state index is 6.44. The van der Waals surface area contributed by atoms with Crippen molar-refractivity contribution in [1.82, 2.24) is 15.5 Å². The van der Waals surface area contributed by atoms with E-state index >= 15 is 0 Å². The van der Waals surface area contributed by atoms with E-state index in [0.717, 1.165) is 95.1 Å². The van der Waals surface area contributed by atoms with Crippen LogP contribution in [0.2, 0.25) is 0 Å². The summed E-state index contributed by atoms with van der Waals surface area (Å²) in [5.41, 5.74) is 10.3. The van der Waals surface area contributed by atoms with Gasteiger partial charge in [0.15, 0.2) is 5.84 Å². The first-order valence-electron chi connectivity index (χ1n) is 16.2. The van der Waals surface area contributed by atoms with Gasteiger partial charge >= 0.3 is 0 Å². The van der Waals surface area contributed by atoms with Gasteiger partial charge in [-0.2, -0.15) is 0 Å². The molecule has 3 rings (SSSR count). The first-order chi connectivity index (χ1) is 21.8. The molecule has 5 N–H and O–H groups in total. The second-order valence-corrected chi connectivity index (χ2v) is 11.2. The molecule has 2 atom stereocenters. The van der Waals surface area contributed by atoms with Gasteiger partial charge in [0.25, 0.3) is 0 Å². The highest BCUT2D eigenvalue weighted by Gasteiger charge is 2.21. The quantitative estimate of drug-likeness (QED) is 0.0865. The third-order valence-electron chi connectivity index (χ3n) is 7.73. The fraction of sp³-hybridized carbons (Fsp3) is 0.528. The summed E-state index contributed by atoms with van der Waals surface area (Å²) in [4.78, 5) is 9.42. The van der Waals surface area contributed by atoms with Gasteiger partial charge in [0.1, 0.15) is 5.82 Å². The normalized spacial score (nSPS) is 18.9. The molecule has 2 fully saturated rings. The number of allylic oxidation sites excluding steroid dienone is 3. The number of anilines is 2. The molecule has 9 nitrogen and oxygen atoms in total. The lowest BCUT2D eigenvalue weighted by molar-refractivity contribution is 0.0381. The number of morpholine rings is 1. The van der Waals surface area contributed by atoms with Crippen LogP contribution in [0.5, 0.6) is 0 Å². The van der Waals surface area contributed by atoms with E-state index in [9.17, 15) is 0 Å². The van der Waals surface area contributed by atoms with Crippen LogP contribution in [0.1, 0.15) is 52.9 Å². The molecule has 0 saturated carbocycles. The monoisotopic (exact) mass is 619 g/mol. The van der Waals surface area contributed by atoms with E-state index in [1.807, 2.05) is 38.3 Å². The number of nitrogens with zero attached hydrogens (tertiary/aromatic N) is 3. The van der Waals surface area contributed by atoms with Crippen LogP contribution < -0.4 is 26.6 Å². The minimum absolute atomic E-state index is 0.224. The third kappa shape index (κ3) is 14.3. The number of terminal acetylenes is 1. The average Bonchev–Trinajstić information content (AvgIpc) is 3.26. The van der Waals surface area contributed by atoms with E-state index in [4.69, 9.17) is 15.2 Å². The number of aliphatic imine (C=N–C) groups is 1. The van der Waals surface area contributed by atoms with Crippen molar-refractivity contribution in [3.8, 4) is 12.3 Å². The molecule has 2 heterocycles. The van der Waals surface area contributed by atoms with Crippen molar-refractivity contribution < 1.29 is 9.47 Å². The SMILES string of the molecule is C#CC.C=CCCC(CN1CCCC(N/C(C)=C(NC)/C(N)=N\C(=C)Nc2ccc(N3CCOCC3)cc2)CC1)OC/C=C\C. The van der Waals surface area contributed by atoms with E-state index in [1.54, 1.807) is 6.92 Å². The van der Waals surface area contributed by atoms with E-state index in [0.29, 0.717) is 24.3 Å². The molecule has 45 heavy (non-hydrogen) atoms.